The van der Waals surface area contributed by atoms with Crippen LogP contribution in [0.1, 0.15) is 19.4 Å². The first-order valence-electron chi connectivity index (χ1n) is 7.64. The largest absolute Gasteiger partial charge is 0.494 e. The number of hydrazone groups is 1. The van der Waals surface area contributed by atoms with E-state index >= 15 is 0 Å². The van der Waals surface area contributed by atoms with Gasteiger partial charge in [0.05, 0.1) is 18.9 Å². The molecule has 0 fully saturated rings. The Balaban J connectivity index is 1.82. The molecule has 0 radical (unpaired) electrons. The third kappa shape index (κ3) is 5.59. The molecule has 0 aromatic heterocycles. The van der Waals surface area contributed by atoms with Crippen LogP contribution >= 0.6 is 11.6 Å². The van der Waals surface area contributed by atoms with Crippen molar-refractivity contribution in [1.82, 2.24) is 5.43 Å². The van der Waals surface area contributed by atoms with Crippen molar-refractivity contribution in [2.24, 2.45) is 5.10 Å². The average molecular weight is 346 g/mol. The summed E-state index contributed by atoms with van der Waals surface area (Å²) in [5.74, 6) is 0.577. The van der Waals surface area contributed by atoms with E-state index in [4.69, 9.17) is 16.3 Å². The zero-order valence-corrected chi connectivity index (χ0v) is 14.4. The number of nitrogens with one attached hydrogen (secondary N) is 2. The summed E-state index contributed by atoms with van der Waals surface area (Å²) in [5.41, 5.74) is 4.98. The van der Waals surface area contributed by atoms with E-state index in [0.29, 0.717) is 17.3 Å². The van der Waals surface area contributed by atoms with Crippen LogP contribution in [-0.2, 0) is 4.79 Å². The predicted molar refractivity (Wildman–Crippen MR) is 97.9 cm³/mol. The number of hydrogen-bond acceptors (Lipinski definition) is 4. The minimum atomic E-state index is -0.225. The smallest absolute Gasteiger partial charge is 0.259 e. The van der Waals surface area contributed by atoms with Crippen LogP contribution in [0, 0.1) is 0 Å². The third-order valence-electron chi connectivity index (χ3n) is 3.23. The molecule has 0 spiro atoms. The Hall–Kier alpha value is -2.53. The summed E-state index contributed by atoms with van der Waals surface area (Å²) in [6, 6.07) is 14.7. The highest BCUT2D eigenvalue weighted by Gasteiger charge is 2.02. The second kappa shape index (κ2) is 8.93. The van der Waals surface area contributed by atoms with Gasteiger partial charge >= 0.3 is 0 Å². The van der Waals surface area contributed by atoms with Crippen LogP contribution in [0.2, 0.25) is 5.02 Å². The molecule has 1 amide bonds. The summed E-state index contributed by atoms with van der Waals surface area (Å²) < 4.78 is 5.37. The Morgan fingerprint density at radius 1 is 1.12 bits per heavy atom. The van der Waals surface area contributed by atoms with E-state index in [1.165, 1.54) is 0 Å². The molecule has 2 aromatic rings. The van der Waals surface area contributed by atoms with Crippen molar-refractivity contribution < 1.29 is 9.53 Å². The van der Waals surface area contributed by atoms with Crippen molar-refractivity contribution in [2.45, 2.75) is 13.8 Å². The highest BCUT2D eigenvalue weighted by Crippen LogP contribution is 2.15. The van der Waals surface area contributed by atoms with Gasteiger partial charge in [0.1, 0.15) is 5.75 Å². The van der Waals surface area contributed by atoms with E-state index in [1.54, 1.807) is 12.1 Å². The van der Waals surface area contributed by atoms with Crippen LogP contribution in [0.3, 0.4) is 0 Å². The molecule has 0 saturated carbocycles. The maximum atomic E-state index is 11.8. The summed E-state index contributed by atoms with van der Waals surface area (Å²) in [6.45, 7) is 4.51. The number of anilines is 1. The number of nitrogens with zero attached hydrogens (tertiary/aromatic N) is 1. The number of amides is 1. The average Bonchev–Trinajstić information content (AvgIpc) is 2.60. The van der Waals surface area contributed by atoms with Crippen LogP contribution in [0.5, 0.6) is 5.75 Å². The first-order valence-corrected chi connectivity index (χ1v) is 8.02. The number of carbonyl (C=O) groups excluding carboxylic acids is 1. The molecule has 24 heavy (non-hydrogen) atoms. The van der Waals surface area contributed by atoms with Crippen LogP contribution in [-0.4, -0.2) is 24.8 Å². The highest BCUT2D eigenvalue weighted by atomic mass is 35.5. The molecule has 0 aliphatic carbocycles. The molecular formula is C18H20ClN3O2. The van der Waals surface area contributed by atoms with Gasteiger partial charge in [0.25, 0.3) is 5.91 Å². The first-order chi connectivity index (χ1) is 11.6. The fourth-order valence-corrected chi connectivity index (χ4v) is 2.09. The molecule has 2 rings (SSSR count). The van der Waals surface area contributed by atoms with E-state index in [0.717, 1.165) is 17.0 Å². The topological polar surface area (TPSA) is 62.7 Å². The van der Waals surface area contributed by atoms with Crippen molar-refractivity contribution in [3.8, 4) is 5.75 Å². The standard InChI is InChI=1S/C18H20ClN3O2/c1-3-24-17-10-8-16(9-11-17)20-12-18(23)22-21-13(2)14-4-6-15(19)7-5-14/h4-11,20H,3,12H2,1-2H3,(H,22,23). The number of halogens is 1. The Bertz CT molecular complexity index is 697. The Kier molecular flexibility index (Phi) is 6.63. The third-order valence-corrected chi connectivity index (χ3v) is 3.48. The lowest BCUT2D eigenvalue weighted by atomic mass is 10.1. The highest BCUT2D eigenvalue weighted by molar-refractivity contribution is 6.30. The van der Waals surface area contributed by atoms with Crippen molar-refractivity contribution in [3.05, 3.63) is 59.1 Å². The normalized spacial score (nSPS) is 11.0. The molecule has 6 heteroatoms. The molecule has 0 bridgehead atoms. The lowest BCUT2D eigenvalue weighted by Crippen LogP contribution is -2.26. The molecule has 0 aliphatic heterocycles. The SMILES string of the molecule is CCOc1ccc(NCC(=O)NN=C(C)c2ccc(Cl)cc2)cc1. The van der Waals surface area contributed by atoms with E-state index < -0.39 is 0 Å². The van der Waals surface area contributed by atoms with Crippen molar-refractivity contribution >= 4 is 28.9 Å². The molecule has 2 N–H and O–H groups in total. The Morgan fingerprint density at radius 3 is 2.42 bits per heavy atom. The van der Waals surface area contributed by atoms with Gasteiger partial charge in [-0.05, 0) is 55.8 Å². The number of rotatable bonds is 7. The number of benzene rings is 2. The molecule has 0 heterocycles. The second-order valence-electron chi connectivity index (χ2n) is 5.05. The van der Waals surface area contributed by atoms with E-state index in [2.05, 4.69) is 15.8 Å². The van der Waals surface area contributed by atoms with Crippen molar-refractivity contribution in [3.63, 3.8) is 0 Å². The summed E-state index contributed by atoms with van der Waals surface area (Å²) in [7, 11) is 0. The summed E-state index contributed by atoms with van der Waals surface area (Å²) >= 11 is 5.84. The van der Waals surface area contributed by atoms with E-state index in [9.17, 15) is 4.79 Å². The van der Waals surface area contributed by atoms with Gasteiger partial charge in [-0.3, -0.25) is 4.79 Å². The summed E-state index contributed by atoms with van der Waals surface area (Å²) in [4.78, 5) is 11.8. The molecule has 0 unspecified atom stereocenters. The van der Waals surface area contributed by atoms with Gasteiger partial charge in [-0.15, -0.1) is 0 Å². The van der Waals surface area contributed by atoms with Crippen LogP contribution in [0.25, 0.3) is 0 Å². The summed E-state index contributed by atoms with van der Waals surface area (Å²) in [6.07, 6.45) is 0. The molecule has 5 nitrogen and oxygen atoms in total. The molecule has 0 saturated heterocycles. The predicted octanol–water partition coefficient (Wildman–Crippen LogP) is 3.69. The van der Waals surface area contributed by atoms with Crippen molar-refractivity contribution in [2.75, 3.05) is 18.5 Å². The maximum Gasteiger partial charge on any atom is 0.259 e. The van der Waals surface area contributed by atoms with Gasteiger partial charge in [0.15, 0.2) is 0 Å². The zero-order valence-electron chi connectivity index (χ0n) is 13.7. The second-order valence-corrected chi connectivity index (χ2v) is 5.49. The minimum absolute atomic E-state index is 0.130. The minimum Gasteiger partial charge on any atom is -0.494 e. The molecule has 126 valence electrons. The van der Waals surface area contributed by atoms with Gasteiger partial charge < -0.3 is 10.1 Å². The van der Waals surface area contributed by atoms with E-state index in [1.807, 2.05) is 50.2 Å². The first kappa shape index (κ1) is 17.8. The van der Waals surface area contributed by atoms with Crippen LogP contribution in [0.15, 0.2) is 53.6 Å². The quantitative estimate of drug-likeness (QED) is 0.594. The fourth-order valence-electron chi connectivity index (χ4n) is 1.96. The molecule has 0 aliphatic rings. The van der Waals surface area contributed by atoms with Gasteiger partial charge in [-0.1, -0.05) is 23.7 Å². The number of carbonyl (C=O) groups is 1. The van der Waals surface area contributed by atoms with Crippen molar-refractivity contribution in [1.29, 1.82) is 0 Å². The van der Waals surface area contributed by atoms with Gasteiger partial charge in [0.2, 0.25) is 0 Å². The number of ether oxygens (including phenoxy) is 1. The maximum absolute atomic E-state index is 11.8. The Labute approximate surface area is 146 Å². The van der Waals surface area contributed by atoms with Crippen LogP contribution < -0.4 is 15.5 Å². The number of hydrogen-bond donors (Lipinski definition) is 2. The molecular weight excluding hydrogens is 326 g/mol. The van der Waals surface area contributed by atoms with Crippen LogP contribution in [0.4, 0.5) is 5.69 Å². The Morgan fingerprint density at radius 2 is 1.79 bits per heavy atom. The summed E-state index contributed by atoms with van der Waals surface area (Å²) in [5, 5.41) is 7.78. The molecule has 2 aromatic carbocycles. The van der Waals surface area contributed by atoms with E-state index in [-0.39, 0.29) is 12.5 Å². The van der Waals surface area contributed by atoms with Gasteiger partial charge in [0, 0.05) is 10.7 Å². The van der Waals surface area contributed by atoms with Gasteiger partial charge in [-0.25, -0.2) is 5.43 Å². The molecule has 0 atom stereocenters. The lowest BCUT2D eigenvalue weighted by molar-refractivity contribution is -0.119. The van der Waals surface area contributed by atoms with Gasteiger partial charge in [-0.2, -0.15) is 5.10 Å². The monoisotopic (exact) mass is 345 g/mol. The lowest BCUT2D eigenvalue weighted by Gasteiger charge is -2.07. The zero-order chi connectivity index (χ0) is 17.4. The fraction of sp³-hybridized carbons (Fsp3) is 0.222.